The third-order valence-corrected chi connectivity index (χ3v) is 3.42. The molecule has 0 aliphatic carbocycles. The van der Waals surface area contributed by atoms with E-state index < -0.39 is 36.3 Å². The van der Waals surface area contributed by atoms with E-state index in [1.165, 1.54) is 13.0 Å². The number of ether oxygens (including phenoxy) is 1. The highest BCUT2D eigenvalue weighted by Crippen LogP contribution is 2.15. The smallest absolute Gasteiger partial charge is 0.326 e. The van der Waals surface area contributed by atoms with Gasteiger partial charge in [0.05, 0.1) is 11.3 Å². The summed E-state index contributed by atoms with van der Waals surface area (Å²) in [7, 11) is 0. The van der Waals surface area contributed by atoms with Crippen LogP contribution in [-0.4, -0.2) is 41.2 Å². The molecule has 124 valence electrons. The zero-order valence-electron chi connectivity index (χ0n) is 12.9. The number of carbonyl (C=O) groups is 4. The first-order valence-corrected chi connectivity index (χ1v) is 7.25. The fraction of sp³-hybridized carbons (Fsp3) is 0.312. The molecule has 0 saturated carbocycles. The number of hydrogen-bond acceptors (Lipinski definition) is 6. The van der Waals surface area contributed by atoms with E-state index >= 15 is 0 Å². The molecular formula is C16H15N3O5. The van der Waals surface area contributed by atoms with Gasteiger partial charge in [-0.05, 0) is 19.1 Å². The van der Waals surface area contributed by atoms with Gasteiger partial charge in [0.2, 0.25) is 11.8 Å². The van der Waals surface area contributed by atoms with E-state index in [1.807, 2.05) is 6.07 Å². The van der Waals surface area contributed by atoms with Crippen LogP contribution in [0, 0.1) is 11.3 Å². The van der Waals surface area contributed by atoms with Crippen molar-refractivity contribution in [2.75, 3.05) is 11.9 Å². The molecule has 0 bridgehead atoms. The number of nitriles is 1. The van der Waals surface area contributed by atoms with Gasteiger partial charge in [-0.2, -0.15) is 5.26 Å². The Morgan fingerprint density at radius 1 is 1.29 bits per heavy atom. The van der Waals surface area contributed by atoms with Crippen LogP contribution in [-0.2, 0) is 23.9 Å². The summed E-state index contributed by atoms with van der Waals surface area (Å²) in [6.45, 7) is 0.847. The zero-order valence-corrected chi connectivity index (χ0v) is 12.9. The van der Waals surface area contributed by atoms with E-state index in [-0.39, 0.29) is 18.4 Å². The Bertz CT molecular complexity index is 721. The third-order valence-electron chi connectivity index (χ3n) is 3.42. The SMILES string of the molecule is C[C@H](OC(=O)CN1C(=O)CCC1=O)C(=O)Nc1ccccc1C#N. The number of benzene rings is 1. The second-order valence-electron chi connectivity index (χ2n) is 5.15. The van der Waals surface area contributed by atoms with Crippen LogP contribution < -0.4 is 5.32 Å². The number of hydrogen-bond donors (Lipinski definition) is 1. The van der Waals surface area contributed by atoms with Crippen LogP contribution in [0.25, 0.3) is 0 Å². The third kappa shape index (κ3) is 3.95. The number of likely N-dealkylation sites (tertiary alicyclic amines) is 1. The van der Waals surface area contributed by atoms with Crippen molar-refractivity contribution in [3.8, 4) is 6.07 Å². The van der Waals surface area contributed by atoms with Crippen molar-refractivity contribution in [3.05, 3.63) is 29.8 Å². The lowest BCUT2D eigenvalue weighted by Crippen LogP contribution is -2.38. The molecule has 24 heavy (non-hydrogen) atoms. The Hall–Kier alpha value is -3.21. The lowest BCUT2D eigenvalue weighted by molar-refractivity contribution is -0.158. The van der Waals surface area contributed by atoms with E-state index in [0.29, 0.717) is 5.69 Å². The number of amides is 3. The fourth-order valence-electron chi connectivity index (χ4n) is 2.14. The normalized spacial score (nSPS) is 14.9. The van der Waals surface area contributed by atoms with E-state index in [9.17, 15) is 19.2 Å². The van der Waals surface area contributed by atoms with Crippen LogP contribution in [0.15, 0.2) is 24.3 Å². The maximum atomic E-state index is 12.0. The first-order valence-electron chi connectivity index (χ1n) is 7.25. The number of esters is 1. The number of para-hydroxylation sites is 1. The molecule has 0 spiro atoms. The van der Waals surface area contributed by atoms with Crippen molar-refractivity contribution in [3.63, 3.8) is 0 Å². The summed E-state index contributed by atoms with van der Waals surface area (Å²) in [5, 5.41) is 11.5. The molecule has 1 atom stereocenters. The number of nitrogens with zero attached hydrogens (tertiary/aromatic N) is 2. The van der Waals surface area contributed by atoms with Gasteiger partial charge in [-0.15, -0.1) is 0 Å². The minimum atomic E-state index is -1.14. The van der Waals surface area contributed by atoms with Crippen LogP contribution in [0.5, 0.6) is 0 Å². The van der Waals surface area contributed by atoms with Gasteiger partial charge in [0.25, 0.3) is 5.91 Å². The maximum absolute atomic E-state index is 12.0. The summed E-state index contributed by atoms with van der Waals surface area (Å²) in [6.07, 6.45) is -0.989. The molecule has 1 aromatic rings. The van der Waals surface area contributed by atoms with Gasteiger partial charge in [-0.3, -0.25) is 24.1 Å². The molecule has 1 aromatic carbocycles. The minimum Gasteiger partial charge on any atom is -0.451 e. The Kier molecular flexibility index (Phi) is 5.27. The molecule has 0 aromatic heterocycles. The van der Waals surface area contributed by atoms with E-state index in [4.69, 9.17) is 10.00 Å². The number of nitrogens with one attached hydrogen (secondary N) is 1. The summed E-state index contributed by atoms with van der Waals surface area (Å²) < 4.78 is 4.94. The standard InChI is InChI=1S/C16H15N3O5/c1-10(16(23)18-12-5-3-2-4-11(12)8-17)24-15(22)9-19-13(20)6-7-14(19)21/h2-5,10H,6-7,9H2,1H3,(H,18,23)/t10-/m0/s1. The number of carbonyl (C=O) groups excluding carboxylic acids is 4. The summed E-state index contributed by atoms with van der Waals surface area (Å²) in [4.78, 5) is 47.5. The van der Waals surface area contributed by atoms with Crippen LogP contribution in [0.1, 0.15) is 25.3 Å². The highest BCUT2D eigenvalue weighted by Gasteiger charge is 2.31. The van der Waals surface area contributed by atoms with Gasteiger partial charge >= 0.3 is 5.97 Å². The summed E-state index contributed by atoms with van der Waals surface area (Å²) in [5.74, 6) is -2.34. The molecule has 0 unspecified atom stereocenters. The molecule has 0 radical (unpaired) electrons. The van der Waals surface area contributed by atoms with E-state index in [2.05, 4.69) is 5.32 Å². The second-order valence-corrected chi connectivity index (χ2v) is 5.15. The average molecular weight is 329 g/mol. The molecule has 1 aliphatic heterocycles. The highest BCUT2D eigenvalue weighted by molar-refractivity contribution is 6.04. The Balaban J connectivity index is 1.91. The lowest BCUT2D eigenvalue weighted by atomic mass is 10.2. The van der Waals surface area contributed by atoms with E-state index in [1.54, 1.807) is 18.2 Å². The fourth-order valence-corrected chi connectivity index (χ4v) is 2.14. The van der Waals surface area contributed by atoms with Crippen LogP contribution in [0.4, 0.5) is 5.69 Å². The van der Waals surface area contributed by atoms with Crippen LogP contribution >= 0.6 is 0 Å². The Morgan fingerprint density at radius 3 is 2.54 bits per heavy atom. The number of rotatable bonds is 5. The molecule has 1 N–H and O–H groups in total. The molecular weight excluding hydrogens is 314 g/mol. The van der Waals surface area contributed by atoms with Gasteiger partial charge in [0.1, 0.15) is 12.6 Å². The minimum absolute atomic E-state index is 0.0765. The predicted molar refractivity (Wildman–Crippen MR) is 81.3 cm³/mol. The van der Waals surface area contributed by atoms with Crippen molar-refractivity contribution in [1.82, 2.24) is 4.90 Å². The first-order chi connectivity index (χ1) is 11.4. The summed E-state index contributed by atoms with van der Waals surface area (Å²) >= 11 is 0. The van der Waals surface area contributed by atoms with Crippen molar-refractivity contribution in [2.45, 2.75) is 25.9 Å². The molecule has 8 nitrogen and oxygen atoms in total. The first kappa shape index (κ1) is 17.1. The van der Waals surface area contributed by atoms with Gasteiger partial charge in [-0.1, -0.05) is 12.1 Å². The van der Waals surface area contributed by atoms with Crippen molar-refractivity contribution < 1.29 is 23.9 Å². The molecule has 3 amide bonds. The predicted octanol–water partition coefficient (Wildman–Crippen LogP) is 0.577. The Morgan fingerprint density at radius 2 is 1.92 bits per heavy atom. The summed E-state index contributed by atoms with van der Waals surface area (Å²) in [6, 6.07) is 8.33. The summed E-state index contributed by atoms with van der Waals surface area (Å²) in [5.41, 5.74) is 0.579. The highest BCUT2D eigenvalue weighted by atomic mass is 16.5. The van der Waals surface area contributed by atoms with E-state index in [0.717, 1.165) is 4.90 Å². The van der Waals surface area contributed by atoms with Gasteiger partial charge < -0.3 is 10.1 Å². The Labute approximate surface area is 138 Å². The van der Waals surface area contributed by atoms with Crippen LogP contribution in [0.3, 0.4) is 0 Å². The van der Waals surface area contributed by atoms with Gasteiger partial charge in [0, 0.05) is 12.8 Å². The quantitative estimate of drug-likeness (QED) is 0.624. The lowest BCUT2D eigenvalue weighted by Gasteiger charge is -2.17. The maximum Gasteiger partial charge on any atom is 0.326 e. The molecule has 1 aliphatic rings. The topological polar surface area (TPSA) is 117 Å². The second kappa shape index (κ2) is 7.37. The molecule has 1 fully saturated rings. The van der Waals surface area contributed by atoms with Gasteiger partial charge in [-0.25, -0.2) is 0 Å². The molecule has 1 heterocycles. The monoisotopic (exact) mass is 329 g/mol. The molecule has 1 saturated heterocycles. The van der Waals surface area contributed by atoms with Crippen molar-refractivity contribution in [1.29, 1.82) is 5.26 Å². The largest absolute Gasteiger partial charge is 0.451 e. The zero-order chi connectivity index (χ0) is 17.7. The number of anilines is 1. The number of imide groups is 1. The molecule has 8 heteroatoms. The van der Waals surface area contributed by atoms with Crippen molar-refractivity contribution >= 4 is 29.4 Å². The average Bonchev–Trinajstić information content (AvgIpc) is 2.87. The van der Waals surface area contributed by atoms with Crippen molar-refractivity contribution in [2.24, 2.45) is 0 Å². The molecule has 2 rings (SSSR count). The van der Waals surface area contributed by atoms with Gasteiger partial charge in [0.15, 0.2) is 6.10 Å². The van der Waals surface area contributed by atoms with Crippen LogP contribution in [0.2, 0.25) is 0 Å².